The van der Waals surface area contributed by atoms with Crippen LogP contribution < -0.4 is 5.32 Å². The number of nitrogens with zero attached hydrogens (tertiary/aromatic N) is 1. The Morgan fingerprint density at radius 3 is 2.12 bits per heavy atom. The van der Waals surface area contributed by atoms with Crippen LogP contribution in [-0.2, 0) is 0 Å². The summed E-state index contributed by atoms with van der Waals surface area (Å²) in [4.78, 5) is 12.3. The van der Waals surface area contributed by atoms with Crippen LogP contribution in [0.5, 0.6) is 0 Å². The number of rotatable bonds is 5. The van der Waals surface area contributed by atoms with Gasteiger partial charge in [0.05, 0.1) is 0 Å². The lowest BCUT2D eigenvalue weighted by molar-refractivity contribution is 0.104. The molecule has 3 rings (SSSR count). The zero-order chi connectivity index (χ0) is 17.8. The lowest BCUT2D eigenvalue weighted by Crippen LogP contribution is -2.00. The maximum absolute atomic E-state index is 12.3. The van der Waals surface area contributed by atoms with E-state index in [4.69, 9.17) is 0 Å². The van der Waals surface area contributed by atoms with Gasteiger partial charge in [-0.3, -0.25) is 4.79 Å². The SMILES string of the molecule is Cc1ccc(C)n1-c1ccc(C(=O)C=CNc2ccc(I)cc2)cc1. The summed E-state index contributed by atoms with van der Waals surface area (Å²) in [5.41, 5.74) is 5.05. The molecule has 3 aromatic rings. The van der Waals surface area contributed by atoms with Crippen molar-refractivity contribution in [3.05, 3.63) is 93.5 Å². The van der Waals surface area contributed by atoms with E-state index in [0.717, 1.165) is 11.4 Å². The highest BCUT2D eigenvalue weighted by molar-refractivity contribution is 14.1. The normalized spacial score (nSPS) is 11.0. The minimum Gasteiger partial charge on any atom is -0.362 e. The van der Waals surface area contributed by atoms with Crippen LogP contribution in [-0.4, -0.2) is 10.4 Å². The molecule has 0 saturated carbocycles. The van der Waals surface area contributed by atoms with Gasteiger partial charge in [0.25, 0.3) is 0 Å². The van der Waals surface area contributed by atoms with Crippen molar-refractivity contribution in [3.8, 4) is 5.69 Å². The molecule has 0 spiro atoms. The van der Waals surface area contributed by atoms with Gasteiger partial charge in [0.2, 0.25) is 0 Å². The monoisotopic (exact) mass is 442 g/mol. The first-order valence-electron chi connectivity index (χ1n) is 8.03. The van der Waals surface area contributed by atoms with Crippen molar-refractivity contribution in [1.82, 2.24) is 4.57 Å². The first-order valence-corrected chi connectivity index (χ1v) is 9.11. The van der Waals surface area contributed by atoms with Gasteiger partial charge in [-0.1, -0.05) is 0 Å². The number of nitrogens with one attached hydrogen (secondary N) is 1. The Morgan fingerprint density at radius 1 is 0.920 bits per heavy atom. The third kappa shape index (κ3) is 4.20. The predicted molar refractivity (Wildman–Crippen MR) is 111 cm³/mol. The highest BCUT2D eigenvalue weighted by Crippen LogP contribution is 2.17. The summed E-state index contributed by atoms with van der Waals surface area (Å²) in [7, 11) is 0. The van der Waals surface area contributed by atoms with E-state index in [-0.39, 0.29) is 5.78 Å². The first-order chi connectivity index (χ1) is 12.0. The van der Waals surface area contributed by atoms with Crippen LogP contribution in [0.1, 0.15) is 21.7 Å². The van der Waals surface area contributed by atoms with Crippen molar-refractivity contribution in [1.29, 1.82) is 0 Å². The molecule has 2 aromatic carbocycles. The van der Waals surface area contributed by atoms with Gasteiger partial charge in [0.1, 0.15) is 0 Å². The standard InChI is InChI=1S/C21H19IN2O/c1-15-3-4-16(2)24(15)20-11-5-17(6-12-20)21(25)13-14-23-19-9-7-18(22)8-10-19/h3-14,23H,1-2H3. The largest absolute Gasteiger partial charge is 0.362 e. The van der Waals surface area contributed by atoms with E-state index in [9.17, 15) is 4.79 Å². The summed E-state index contributed by atoms with van der Waals surface area (Å²) in [6.45, 7) is 4.15. The number of carbonyl (C=O) groups excluding carboxylic acids is 1. The van der Waals surface area contributed by atoms with Crippen molar-refractivity contribution in [2.24, 2.45) is 0 Å². The molecule has 1 heterocycles. The van der Waals surface area contributed by atoms with Gasteiger partial charge in [0.15, 0.2) is 5.78 Å². The van der Waals surface area contributed by atoms with Gasteiger partial charge in [-0.05, 0) is 97.1 Å². The van der Waals surface area contributed by atoms with E-state index in [1.807, 2.05) is 48.5 Å². The molecule has 0 aliphatic heterocycles. The maximum Gasteiger partial charge on any atom is 0.187 e. The molecule has 1 N–H and O–H groups in total. The minimum absolute atomic E-state index is 0.0227. The molecule has 0 aliphatic carbocycles. The Morgan fingerprint density at radius 2 is 1.52 bits per heavy atom. The molecule has 0 radical (unpaired) electrons. The molecule has 4 heteroatoms. The highest BCUT2D eigenvalue weighted by Gasteiger charge is 2.06. The molecule has 0 bridgehead atoms. The molecular formula is C21H19IN2O. The Bertz CT molecular complexity index is 887. The van der Waals surface area contributed by atoms with Gasteiger partial charge in [-0.25, -0.2) is 0 Å². The average Bonchev–Trinajstić information content (AvgIpc) is 2.95. The number of hydrogen-bond donors (Lipinski definition) is 1. The molecular weight excluding hydrogens is 423 g/mol. The third-order valence-electron chi connectivity index (χ3n) is 4.01. The summed E-state index contributed by atoms with van der Waals surface area (Å²) in [5.74, 6) is -0.0227. The quantitative estimate of drug-likeness (QED) is 0.321. The van der Waals surface area contributed by atoms with E-state index < -0.39 is 0 Å². The molecule has 0 aliphatic rings. The summed E-state index contributed by atoms with van der Waals surface area (Å²) < 4.78 is 3.35. The molecule has 25 heavy (non-hydrogen) atoms. The summed E-state index contributed by atoms with van der Waals surface area (Å²) in [6, 6.07) is 19.9. The number of benzene rings is 2. The van der Waals surface area contributed by atoms with Gasteiger partial charge in [-0.2, -0.15) is 0 Å². The van der Waals surface area contributed by atoms with Crippen LogP contribution in [0.3, 0.4) is 0 Å². The number of carbonyl (C=O) groups is 1. The Balaban J connectivity index is 1.68. The Kier molecular flexibility index (Phi) is 5.38. The number of aromatic nitrogens is 1. The van der Waals surface area contributed by atoms with Crippen LogP contribution in [0.2, 0.25) is 0 Å². The van der Waals surface area contributed by atoms with Crippen LogP contribution in [0.15, 0.2) is 72.9 Å². The van der Waals surface area contributed by atoms with Gasteiger partial charge < -0.3 is 9.88 Å². The number of aryl methyl sites for hydroxylation is 2. The fraction of sp³-hybridized carbons (Fsp3) is 0.0952. The van der Waals surface area contributed by atoms with Crippen LogP contribution in [0.4, 0.5) is 5.69 Å². The second-order valence-corrected chi connectivity index (χ2v) is 7.09. The number of allylic oxidation sites excluding steroid dienone is 1. The topological polar surface area (TPSA) is 34.0 Å². The molecule has 1 aromatic heterocycles. The molecule has 0 saturated heterocycles. The van der Waals surface area contributed by atoms with Crippen molar-refractivity contribution in [2.75, 3.05) is 5.32 Å². The minimum atomic E-state index is -0.0227. The maximum atomic E-state index is 12.3. The molecule has 3 nitrogen and oxygen atoms in total. The van der Waals surface area contributed by atoms with Crippen molar-refractivity contribution in [3.63, 3.8) is 0 Å². The van der Waals surface area contributed by atoms with Crippen LogP contribution in [0.25, 0.3) is 5.69 Å². The lowest BCUT2D eigenvalue weighted by Gasteiger charge is -2.09. The smallest absolute Gasteiger partial charge is 0.187 e. The van der Waals surface area contributed by atoms with E-state index >= 15 is 0 Å². The third-order valence-corrected chi connectivity index (χ3v) is 4.73. The van der Waals surface area contributed by atoms with Crippen LogP contribution >= 0.6 is 22.6 Å². The second-order valence-electron chi connectivity index (χ2n) is 5.85. The van der Waals surface area contributed by atoms with Crippen molar-refractivity contribution < 1.29 is 4.79 Å². The fourth-order valence-electron chi connectivity index (χ4n) is 2.71. The molecule has 0 atom stereocenters. The average molecular weight is 442 g/mol. The number of hydrogen-bond acceptors (Lipinski definition) is 2. The molecule has 126 valence electrons. The Labute approximate surface area is 161 Å². The number of anilines is 1. The summed E-state index contributed by atoms with van der Waals surface area (Å²) in [5, 5.41) is 3.11. The first kappa shape index (κ1) is 17.5. The fourth-order valence-corrected chi connectivity index (χ4v) is 3.07. The van der Waals surface area contributed by atoms with Gasteiger partial charge >= 0.3 is 0 Å². The van der Waals surface area contributed by atoms with Gasteiger partial charge in [0, 0.05) is 44.2 Å². The van der Waals surface area contributed by atoms with E-state index in [1.54, 1.807) is 12.3 Å². The lowest BCUT2D eigenvalue weighted by atomic mass is 10.1. The van der Waals surface area contributed by atoms with E-state index in [0.29, 0.717) is 5.56 Å². The van der Waals surface area contributed by atoms with Crippen LogP contribution in [0, 0.1) is 17.4 Å². The highest BCUT2D eigenvalue weighted by atomic mass is 127. The van der Waals surface area contributed by atoms with Crippen molar-refractivity contribution in [2.45, 2.75) is 13.8 Å². The summed E-state index contributed by atoms with van der Waals surface area (Å²) in [6.07, 6.45) is 3.23. The molecule has 0 amide bonds. The van der Waals surface area contributed by atoms with E-state index in [1.165, 1.54) is 15.0 Å². The second kappa shape index (κ2) is 7.70. The van der Waals surface area contributed by atoms with E-state index in [2.05, 4.69) is 58.5 Å². The summed E-state index contributed by atoms with van der Waals surface area (Å²) >= 11 is 2.26. The Hall–Kier alpha value is -2.34. The molecule has 0 unspecified atom stereocenters. The number of halogens is 1. The zero-order valence-corrected chi connectivity index (χ0v) is 16.3. The zero-order valence-electron chi connectivity index (χ0n) is 14.2. The predicted octanol–water partition coefficient (Wildman–Crippen LogP) is 5.51. The van der Waals surface area contributed by atoms with Gasteiger partial charge in [-0.15, -0.1) is 0 Å². The van der Waals surface area contributed by atoms with Crippen molar-refractivity contribution >= 4 is 34.1 Å². The molecule has 0 fully saturated rings. The number of ketones is 1.